The van der Waals surface area contributed by atoms with Gasteiger partial charge in [-0.25, -0.2) is 9.78 Å². The van der Waals surface area contributed by atoms with E-state index in [0.29, 0.717) is 25.6 Å². The van der Waals surface area contributed by atoms with Crippen LogP contribution < -0.4 is 9.64 Å². The van der Waals surface area contributed by atoms with E-state index >= 15 is 0 Å². The molecule has 3 heterocycles. The van der Waals surface area contributed by atoms with E-state index in [0.717, 1.165) is 23.6 Å². The summed E-state index contributed by atoms with van der Waals surface area (Å²) in [6.07, 6.45) is 2.44. The lowest BCUT2D eigenvalue weighted by Gasteiger charge is -2.16. The molecule has 6 nitrogen and oxygen atoms in total. The van der Waals surface area contributed by atoms with Gasteiger partial charge in [-0.15, -0.1) is 0 Å². The molecule has 1 saturated heterocycles. The molecule has 4 rings (SSSR count). The molecular formula is C16H17N3O3. The molecule has 0 N–H and O–H groups in total. The highest BCUT2D eigenvalue weighted by Gasteiger charge is 2.35. The average molecular weight is 299 g/mol. The van der Waals surface area contributed by atoms with Crippen molar-refractivity contribution in [3.05, 3.63) is 30.5 Å². The van der Waals surface area contributed by atoms with Gasteiger partial charge in [-0.05, 0) is 18.6 Å². The largest absolute Gasteiger partial charge is 0.491 e. The zero-order valence-corrected chi connectivity index (χ0v) is 12.4. The maximum atomic E-state index is 12.0. The quantitative estimate of drug-likeness (QED) is 0.855. The number of hydrogen-bond donors (Lipinski definition) is 0. The number of fused-ring (bicyclic) bond motifs is 3. The number of carbonyl (C=O) groups is 1. The Balaban J connectivity index is 1.80. The molecule has 0 bridgehead atoms. The van der Waals surface area contributed by atoms with Crippen molar-refractivity contribution in [2.45, 2.75) is 25.9 Å². The van der Waals surface area contributed by atoms with E-state index < -0.39 is 0 Å². The van der Waals surface area contributed by atoms with Crippen LogP contribution in [0.3, 0.4) is 0 Å². The number of anilines is 1. The Morgan fingerprint density at radius 1 is 1.32 bits per heavy atom. The van der Waals surface area contributed by atoms with Crippen LogP contribution in [0.2, 0.25) is 0 Å². The minimum atomic E-state index is -0.315. The lowest BCUT2D eigenvalue weighted by atomic mass is 10.2. The summed E-state index contributed by atoms with van der Waals surface area (Å²) in [5, 5.41) is 0. The first-order valence-electron chi connectivity index (χ1n) is 7.53. The summed E-state index contributed by atoms with van der Waals surface area (Å²) < 4.78 is 13.0. The molecule has 22 heavy (non-hydrogen) atoms. The average Bonchev–Trinajstić information content (AvgIpc) is 3.06. The minimum absolute atomic E-state index is 0.0538. The van der Waals surface area contributed by atoms with Crippen molar-refractivity contribution in [1.29, 1.82) is 0 Å². The van der Waals surface area contributed by atoms with Crippen LogP contribution in [-0.4, -0.2) is 34.9 Å². The molecule has 1 aromatic carbocycles. The number of nitrogens with zero attached hydrogens (tertiary/aromatic N) is 3. The number of ether oxygens (including phenoxy) is 2. The predicted octanol–water partition coefficient (Wildman–Crippen LogP) is 2.68. The maximum Gasteiger partial charge on any atom is 0.415 e. The third kappa shape index (κ3) is 1.94. The molecule has 1 fully saturated rings. The Kier molecular flexibility index (Phi) is 3.03. The number of para-hydroxylation sites is 1. The van der Waals surface area contributed by atoms with Gasteiger partial charge >= 0.3 is 6.09 Å². The van der Waals surface area contributed by atoms with Gasteiger partial charge in [0.05, 0.1) is 18.2 Å². The maximum absolute atomic E-state index is 12.0. The van der Waals surface area contributed by atoms with Gasteiger partial charge < -0.3 is 14.0 Å². The number of hydrogen-bond acceptors (Lipinski definition) is 4. The highest BCUT2D eigenvalue weighted by Crippen LogP contribution is 2.34. The molecule has 0 radical (unpaired) electrons. The van der Waals surface area contributed by atoms with Crippen molar-refractivity contribution in [3.63, 3.8) is 0 Å². The van der Waals surface area contributed by atoms with E-state index in [1.807, 2.05) is 42.0 Å². The highest BCUT2D eigenvalue weighted by atomic mass is 16.6. The van der Waals surface area contributed by atoms with E-state index in [4.69, 9.17) is 14.5 Å². The summed E-state index contributed by atoms with van der Waals surface area (Å²) in [7, 11) is 0. The molecule has 1 aromatic heterocycles. The van der Waals surface area contributed by atoms with Gasteiger partial charge in [0.1, 0.15) is 24.8 Å². The fourth-order valence-corrected chi connectivity index (χ4v) is 2.98. The second kappa shape index (κ2) is 5.05. The number of imidazole rings is 1. The molecule has 0 unspecified atom stereocenters. The molecule has 114 valence electrons. The molecule has 2 aliphatic rings. The number of amides is 1. The first kappa shape index (κ1) is 13.2. The van der Waals surface area contributed by atoms with Crippen LogP contribution >= 0.6 is 0 Å². The number of cyclic esters (lactones) is 1. The zero-order valence-electron chi connectivity index (χ0n) is 12.4. The molecule has 2 aliphatic heterocycles. The first-order chi connectivity index (χ1) is 10.8. The van der Waals surface area contributed by atoms with Crippen LogP contribution in [0.4, 0.5) is 10.6 Å². The van der Waals surface area contributed by atoms with Crippen LogP contribution in [0.25, 0.3) is 11.4 Å². The smallest absolute Gasteiger partial charge is 0.415 e. The van der Waals surface area contributed by atoms with E-state index in [1.165, 1.54) is 0 Å². The third-order valence-electron chi connectivity index (χ3n) is 4.16. The molecule has 0 aliphatic carbocycles. The van der Waals surface area contributed by atoms with Gasteiger partial charge in [0, 0.05) is 6.20 Å². The summed E-state index contributed by atoms with van der Waals surface area (Å²) in [5.74, 6) is 2.31. The van der Waals surface area contributed by atoms with Gasteiger partial charge in [-0.1, -0.05) is 19.1 Å². The van der Waals surface area contributed by atoms with Crippen LogP contribution in [0, 0.1) is 0 Å². The Bertz CT molecular complexity index is 725. The Hall–Kier alpha value is -2.50. The van der Waals surface area contributed by atoms with Crippen molar-refractivity contribution in [3.8, 4) is 17.1 Å². The van der Waals surface area contributed by atoms with Gasteiger partial charge in [0.25, 0.3) is 0 Å². The Morgan fingerprint density at radius 3 is 3.05 bits per heavy atom. The number of rotatable bonds is 2. The third-order valence-corrected chi connectivity index (χ3v) is 4.16. The van der Waals surface area contributed by atoms with Gasteiger partial charge in [-0.3, -0.25) is 4.90 Å². The molecule has 2 aromatic rings. The van der Waals surface area contributed by atoms with Crippen LogP contribution in [0.1, 0.15) is 13.3 Å². The zero-order chi connectivity index (χ0) is 15.1. The number of aromatic nitrogens is 2. The summed E-state index contributed by atoms with van der Waals surface area (Å²) in [4.78, 5) is 18.3. The van der Waals surface area contributed by atoms with Crippen molar-refractivity contribution in [2.75, 3.05) is 18.1 Å². The summed E-state index contributed by atoms with van der Waals surface area (Å²) >= 11 is 0. The molecule has 0 spiro atoms. The SMILES string of the molecule is CC[C@@H]1COC(=O)N1c1cn2c(n1)-c1ccccc1OCC2. The Morgan fingerprint density at radius 2 is 2.18 bits per heavy atom. The summed E-state index contributed by atoms with van der Waals surface area (Å²) in [6, 6.07) is 7.90. The van der Waals surface area contributed by atoms with E-state index in [1.54, 1.807) is 4.90 Å². The topological polar surface area (TPSA) is 56.6 Å². The second-order valence-electron chi connectivity index (χ2n) is 5.47. The van der Waals surface area contributed by atoms with E-state index in [9.17, 15) is 4.79 Å². The van der Waals surface area contributed by atoms with Gasteiger partial charge in [0.15, 0.2) is 5.82 Å². The molecular weight excluding hydrogens is 282 g/mol. The van der Waals surface area contributed by atoms with Crippen molar-refractivity contribution >= 4 is 11.9 Å². The number of carbonyl (C=O) groups excluding carboxylic acids is 1. The van der Waals surface area contributed by atoms with Crippen molar-refractivity contribution < 1.29 is 14.3 Å². The minimum Gasteiger partial charge on any atom is -0.491 e. The van der Waals surface area contributed by atoms with Crippen LogP contribution in [-0.2, 0) is 11.3 Å². The van der Waals surface area contributed by atoms with E-state index in [-0.39, 0.29) is 12.1 Å². The highest BCUT2D eigenvalue weighted by molar-refractivity contribution is 5.89. The lowest BCUT2D eigenvalue weighted by Crippen LogP contribution is -2.33. The normalized spacial score (nSPS) is 20.0. The fourth-order valence-electron chi connectivity index (χ4n) is 2.98. The predicted molar refractivity (Wildman–Crippen MR) is 81.1 cm³/mol. The first-order valence-corrected chi connectivity index (χ1v) is 7.53. The molecule has 1 amide bonds. The van der Waals surface area contributed by atoms with Crippen LogP contribution in [0.15, 0.2) is 30.5 Å². The summed E-state index contributed by atoms with van der Waals surface area (Å²) in [6.45, 7) is 3.76. The van der Waals surface area contributed by atoms with E-state index in [2.05, 4.69) is 0 Å². The van der Waals surface area contributed by atoms with Crippen molar-refractivity contribution in [2.24, 2.45) is 0 Å². The molecule has 0 saturated carbocycles. The fraction of sp³-hybridized carbons (Fsp3) is 0.375. The second-order valence-corrected chi connectivity index (χ2v) is 5.47. The van der Waals surface area contributed by atoms with Gasteiger partial charge in [0.2, 0.25) is 0 Å². The summed E-state index contributed by atoms with van der Waals surface area (Å²) in [5.41, 5.74) is 0.951. The monoisotopic (exact) mass is 299 g/mol. The standard InChI is InChI=1S/C16H17N3O3/c1-2-11-10-22-16(20)19(11)14-9-18-7-8-21-13-6-4-3-5-12(13)15(18)17-14/h3-6,9,11H,2,7-8,10H2,1H3/t11-/m1/s1. The van der Waals surface area contributed by atoms with Crippen LogP contribution in [0.5, 0.6) is 5.75 Å². The van der Waals surface area contributed by atoms with Crippen molar-refractivity contribution in [1.82, 2.24) is 9.55 Å². The molecule has 6 heteroatoms. The molecule has 1 atom stereocenters. The number of benzene rings is 1. The van der Waals surface area contributed by atoms with Gasteiger partial charge in [-0.2, -0.15) is 0 Å². The Labute approximate surface area is 128 Å². The lowest BCUT2D eigenvalue weighted by molar-refractivity contribution is 0.178.